The Balaban J connectivity index is 1.96. The third-order valence-corrected chi connectivity index (χ3v) is 7.15. The summed E-state index contributed by atoms with van der Waals surface area (Å²) in [6.07, 6.45) is -3.39. The first-order valence-corrected chi connectivity index (χ1v) is 11.0. The van der Waals surface area contributed by atoms with Crippen LogP contribution < -0.4 is 5.73 Å². The predicted octanol–water partition coefficient (Wildman–Crippen LogP) is 0.371. The van der Waals surface area contributed by atoms with Crippen molar-refractivity contribution in [2.45, 2.75) is 43.8 Å². The van der Waals surface area contributed by atoms with Gasteiger partial charge in [0.05, 0.1) is 18.4 Å². The second-order valence-corrected chi connectivity index (χ2v) is 9.08. The fourth-order valence-electron chi connectivity index (χ4n) is 5.50. The van der Waals surface area contributed by atoms with Crippen LogP contribution in [0.1, 0.15) is 43.2 Å². The zero-order valence-electron chi connectivity index (χ0n) is 18.9. The number of nitrogens with two attached hydrogens (primary N) is 1. The van der Waals surface area contributed by atoms with E-state index in [2.05, 4.69) is 0 Å². The zero-order valence-corrected chi connectivity index (χ0v) is 18.9. The summed E-state index contributed by atoms with van der Waals surface area (Å²) in [5.41, 5.74) is 1.00. The average Bonchev–Trinajstić information content (AvgIpc) is 2.79. The molecule has 4 rings (SSSR count). The lowest BCUT2D eigenvalue weighted by molar-refractivity contribution is -0.179. The summed E-state index contributed by atoms with van der Waals surface area (Å²) in [5, 5.41) is 52.6. The lowest BCUT2D eigenvalue weighted by Crippen LogP contribution is -2.64. The molecule has 0 spiro atoms. The number of carboxylic acid groups (broad SMARTS) is 1. The van der Waals surface area contributed by atoms with Gasteiger partial charge in [-0.05, 0) is 17.5 Å². The number of aliphatic carboxylic acids is 1. The lowest BCUT2D eigenvalue weighted by Gasteiger charge is -2.51. The Morgan fingerprint density at radius 1 is 1.14 bits per heavy atom. The van der Waals surface area contributed by atoms with Gasteiger partial charge in [0.25, 0.3) is 5.91 Å². The van der Waals surface area contributed by atoms with Gasteiger partial charge in [0.15, 0.2) is 11.4 Å². The Labute approximate surface area is 203 Å². The van der Waals surface area contributed by atoms with Crippen LogP contribution in [-0.2, 0) is 28.7 Å². The number of carboxylic acids is 1. The SMILES string of the molecule is C[C@H]1c2cccc(O)c2C(O)=C2C(=O)[C@]3(O)C(O)=C(C(N)=O)C(=O)C[C@@H]3[C@@H](OC(=O)CCC(=O)O)[C@@H]21. The van der Waals surface area contributed by atoms with E-state index in [-0.39, 0.29) is 11.3 Å². The molecule has 12 nitrogen and oxygen atoms in total. The van der Waals surface area contributed by atoms with Gasteiger partial charge in [-0.15, -0.1) is 0 Å². The van der Waals surface area contributed by atoms with Crippen LogP contribution in [0, 0.1) is 11.8 Å². The van der Waals surface area contributed by atoms with Crippen LogP contribution in [0.4, 0.5) is 0 Å². The molecule has 0 aliphatic heterocycles. The van der Waals surface area contributed by atoms with E-state index in [1.807, 2.05) is 0 Å². The molecule has 1 aromatic carbocycles. The molecular weight excluding hydrogens is 478 g/mol. The molecule has 1 fully saturated rings. The number of primary amides is 1. The highest BCUT2D eigenvalue weighted by Crippen LogP contribution is 2.56. The van der Waals surface area contributed by atoms with Gasteiger partial charge in [0.2, 0.25) is 5.78 Å². The van der Waals surface area contributed by atoms with Crippen molar-refractivity contribution in [3.05, 3.63) is 46.2 Å². The molecule has 0 saturated heterocycles. The number of aromatic hydroxyl groups is 1. The van der Waals surface area contributed by atoms with Crippen molar-refractivity contribution in [3.8, 4) is 5.75 Å². The molecular formula is C24H23NO11. The summed E-state index contributed by atoms with van der Waals surface area (Å²) in [6, 6.07) is 4.32. The number of phenols is 1. The van der Waals surface area contributed by atoms with Crippen LogP contribution >= 0.6 is 0 Å². The van der Waals surface area contributed by atoms with Crippen molar-refractivity contribution in [3.63, 3.8) is 0 Å². The maximum Gasteiger partial charge on any atom is 0.306 e. The topological polar surface area (TPSA) is 222 Å². The molecule has 0 radical (unpaired) electrons. The first-order valence-electron chi connectivity index (χ1n) is 11.0. The summed E-state index contributed by atoms with van der Waals surface area (Å²) < 4.78 is 5.53. The maximum absolute atomic E-state index is 13.7. The molecule has 7 N–H and O–H groups in total. The van der Waals surface area contributed by atoms with Gasteiger partial charge in [-0.2, -0.15) is 0 Å². The molecule has 0 aromatic heterocycles. The van der Waals surface area contributed by atoms with Crippen molar-refractivity contribution < 1.29 is 54.2 Å². The molecule has 5 atom stereocenters. The number of aliphatic hydroxyl groups excluding tert-OH is 2. The van der Waals surface area contributed by atoms with E-state index in [1.54, 1.807) is 13.0 Å². The Morgan fingerprint density at radius 2 is 1.81 bits per heavy atom. The van der Waals surface area contributed by atoms with E-state index in [0.717, 1.165) is 0 Å². The molecule has 0 unspecified atom stereocenters. The fourth-order valence-corrected chi connectivity index (χ4v) is 5.50. The normalized spacial score (nSPS) is 29.3. The number of aliphatic hydroxyl groups is 3. The van der Waals surface area contributed by atoms with Crippen LogP contribution in [0.25, 0.3) is 5.76 Å². The second-order valence-electron chi connectivity index (χ2n) is 9.08. The summed E-state index contributed by atoms with van der Waals surface area (Å²) in [5.74, 6) is -11.9. The number of esters is 1. The quantitative estimate of drug-likeness (QED) is 0.239. The molecule has 190 valence electrons. The summed E-state index contributed by atoms with van der Waals surface area (Å²) in [7, 11) is 0. The van der Waals surface area contributed by atoms with E-state index in [9.17, 15) is 44.4 Å². The number of fused-ring (bicyclic) bond motifs is 3. The Hall–Kier alpha value is -4.19. The van der Waals surface area contributed by atoms with E-state index < -0.39 is 101 Å². The fraction of sp³-hybridized carbons (Fsp3) is 0.375. The van der Waals surface area contributed by atoms with Crippen molar-refractivity contribution in [2.24, 2.45) is 17.6 Å². The van der Waals surface area contributed by atoms with Crippen LogP contribution in [0.5, 0.6) is 5.75 Å². The maximum atomic E-state index is 13.7. The standard InChI is InChI=1S/C24H23NO11/c1-8-9-3-2-4-11(26)16(9)19(31)18-15(8)20(36-14(30)6-5-13(28)29)10-7-12(27)17(23(25)34)21(32)24(10,35)22(18)33/h2-4,8,10,15,20,26,31-32,35H,5-7H2,1H3,(H2,25,34)(H,28,29)/t8-,10+,15+,20+,24+/m0/s1. The molecule has 0 heterocycles. The number of hydrogen-bond donors (Lipinski definition) is 6. The number of rotatable bonds is 5. The minimum absolute atomic E-state index is 0.104. The predicted molar refractivity (Wildman–Crippen MR) is 118 cm³/mol. The third kappa shape index (κ3) is 3.44. The minimum atomic E-state index is -2.97. The number of phenolic OH excluding ortho intramolecular Hbond substituents is 1. The van der Waals surface area contributed by atoms with Crippen LogP contribution in [0.2, 0.25) is 0 Å². The summed E-state index contributed by atoms with van der Waals surface area (Å²) in [4.78, 5) is 61.7. The molecule has 3 aliphatic carbocycles. The third-order valence-electron chi connectivity index (χ3n) is 7.15. The number of amides is 1. The van der Waals surface area contributed by atoms with Gasteiger partial charge in [0.1, 0.15) is 28.9 Å². The minimum Gasteiger partial charge on any atom is -0.508 e. The molecule has 1 aromatic rings. The lowest BCUT2D eigenvalue weighted by atomic mass is 9.55. The molecule has 1 amide bonds. The zero-order chi connectivity index (χ0) is 26.7. The summed E-state index contributed by atoms with van der Waals surface area (Å²) in [6.45, 7) is 1.61. The number of carbonyl (C=O) groups excluding carboxylic acids is 4. The van der Waals surface area contributed by atoms with E-state index >= 15 is 0 Å². The van der Waals surface area contributed by atoms with Gasteiger partial charge in [-0.25, -0.2) is 0 Å². The number of ether oxygens (including phenoxy) is 1. The van der Waals surface area contributed by atoms with Gasteiger partial charge >= 0.3 is 11.9 Å². The highest BCUT2D eigenvalue weighted by atomic mass is 16.5. The van der Waals surface area contributed by atoms with E-state index in [1.165, 1.54) is 12.1 Å². The first-order chi connectivity index (χ1) is 16.8. The van der Waals surface area contributed by atoms with Crippen molar-refractivity contribution in [2.75, 3.05) is 0 Å². The van der Waals surface area contributed by atoms with Gasteiger partial charge in [-0.1, -0.05) is 19.1 Å². The molecule has 3 aliphatic rings. The van der Waals surface area contributed by atoms with Gasteiger partial charge < -0.3 is 36.0 Å². The number of benzene rings is 1. The number of Topliss-reactive ketones (excluding diaryl/α,β-unsaturated/α-hetero) is 2. The molecule has 1 saturated carbocycles. The number of ketones is 2. The highest BCUT2D eigenvalue weighted by Gasteiger charge is 2.66. The average molecular weight is 501 g/mol. The smallest absolute Gasteiger partial charge is 0.306 e. The van der Waals surface area contributed by atoms with Crippen molar-refractivity contribution >= 4 is 35.2 Å². The van der Waals surface area contributed by atoms with Crippen LogP contribution in [0.3, 0.4) is 0 Å². The van der Waals surface area contributed by atoms with Crippen molar-refractivity contribution in [1.29, 1.82) is 0 Å². The molecule has 36 heavy (non-hydrogen) atoms. The van der Waals surface area contributed by atoms with Gasteiger partial charge in [0, 0.05) is 23.8 Å². The Morgan fingerprint density at radius 3 is 2.42 bits per heavy atom. The van der Waals surface area contributed by atoms with Crippen LogP contribution in [0.15, 0.2) is 35.1 Å². The molecule has 0 bridgehead atoms. The largest absolute Gasteiger partial charge is 0.508 e. The highest BCUT2D eigenvalue weighted by molar-refractivity contribution is 6.23. The number of hydrogen-bond acceptors (Lipinski definition) is 10. The van der Waals surface area contributed by atoms with Crippen LogP contribution in [-0.4, -0.2) is 66.6 Å². The first kappa shape index (κ1) is 24.9. The molecule has 12 heteroatoms. The number of carbonyl (C=O) groups is 5. The van der Waals surface area contributed by atoms with E-state index in [4.69, 9.17) is 15.6 Å². The summed E-state index contributed by atoms with van der Waals surface area (Å²) >= 11 is 0. The monoisotopic (exact) mass is 501 g/mol. The Kier molecular flexibility index (Phi) is 5.87. The second kappa shape index (κ2) is 8.48. The van der Waals surface area contributed by atoms with Crippen molar-refractivity contribution in [1.82, 2.24) is 0 Å². The van der Waals surface area contributed by atoms with E-state index in [0.29, 0.717) is 5.56 Å². The Bertz CT molecular complexity index is 1290. The van der Waals surface area contributed by atoms with Gasteiger partial charge in [-0.3, -0.25) is 24.0 Å².